The van der Waals surface area contributed by atoms with Crippen LogP contribution in [0.15, 0.2) is 16.3 Å². The van der Waals surface area contributed by atoms with Crippen LogP contribution in [0.1, 0.15) is 39.5 Å². The summed E-state index contributed by atoms with van der Waals surface area (Å²) in [6, 6.07) is 4.02. The van der Waals surface area contributed by atoms with E-state index in [0.717, 1.165) is 4.88 Å². The minimum Gasteiger partial charge on any atom is -0.310 e. The summed E-state index contributed by atoms with van der Waals surface area (Å²) in [7, 11) is -3.34. The highest BCUT2D eigenvalue weighted by Gasteiger charge is 2.25. The standard InChI is InChI=1S/C14H26N2O2S2/c1-6-16(10-11(2)3)20(17,18)14-8-7-13(19-14)9-15-12(4)5/h7-8,11-12,15H,6,9-10H2,1-5H3. The third-order valence-corrected chi connectivity index (χ3v) is 6.33. The molecule has 20 heavy (non-hydrogen) atoms. The fraction of sp³-hybridized carbons (Fsp3) is 0.714. The van der Waals surface area contributed by atoms with Gasteiger partial charge in [-0.2, -0.15) is 4.31 Å². The lowest BCUT2D eigenvalue weighted by Crippen LogP contribution is -2.33. The van der Waals surface area contributed by atoms with Crippen LogP contribution in [0, 0.1) is 5.92 Å². The number of rotatable bonds is 8. The van der Waals surface area contributed by atoms with E-state index >= 15 is 0 Å². The molecule has 0 atom stereocenters. The first kappa shape index (κ1) is 17.6. The van der Waals surface area contributed by atoms with E-state index in [4.69, 9.17) is 0 Å². The zero-order valence-electron chi connectivity index (χ0n) is 13.0. The quantitative estimate of drug-likeness (QED) is 0.802. The van der Waals surface area contributed by atoms with Gasteiger partial charge in [-0.15, -0.1) is 11.3 Å². The Kier molecular flexibility index (Phi) is 6.64. The van der Waals surface area contributed by atoms with Crippen molar-refractivity contribution in [2.24, 2.45) is 5.92 Å². The van der Waals surface area contributed by atoms with Crippen molar-refractivity contribution in [1.82, 2.24) is 9.62 Å². The monoisotopic (exact) mass is 318 g/mol. The van der Waals surface area contributed by atoms with Gasteiger partial charge in [0.15, 0.2) is 0 Å². The highest BCUT2D eigenvalue weighted by atomic mass is 32.2. The van der Waals surface area contributed by atoms with Crippen LogP contribution in [0.25, 0.3) is 0 Å². The first-order valence-corrected chi connectivity index (χ1v) is 9.35. The van der Waals surface area contributed by atoms with Crippen LogP contribution < -0.4 is 5.32 Å². The second-order valence-corrected chi connectivity index (χ2v) is 8.94. The van der Waals surface area contributed by atoms with Gasteiger partial charge < -0.3 is 5.32 Å². The molecule has 1 aromatic heterocycles. The SMILES string of the molecule is CCN(CC(C)C)S(=O)(=O)c1ccc(CNC(C)C)s1. The molecular formula is C14H26N2O2S2. The molecule has 0 bridgehead atoms. The van der Waals surface area contributed by atoms with Crippen molar-refractivity contribution < 1.29 is 8.42 Å². The van der Waals surface area contributed by atoms with E-state index in [1.807, 2.05) is 26.8 Å². The molecule has 0 aliphatic rings. The summed E-state index contributed by atoms with van der Waals surface area (Å²) >= 11 is 1.36. The molecule has 4 nitrogen and oxygen atoms in total. The molecule has 1 rings (SSSR count). The highest BCUT2D eigenvalue weighted by molar-refractivity contribution is 7.91. The molecule has 0 amide bonds. The van der Waals surface area contributed by atoms with Crippen molar-refractivity contribution in [3.63, 3.8) is 0 Å². The normalized spacial score (nSPS) is 12.8. The number of hydrogen-bond donors (Lipinski definition) is 1. The molecule has 0 radical (unpaired) electrons. The first-order chi connectivity index (χ1) is 9.27. The number of sulfonamides is 1. The Balaban J connectivity index is 2.86. The van der Waals surface area contributed by atoms with E-state index in [1.54, 1.807) is 10.4 Å². The van der Waals surface area contributed by atoms with E-state index in [-0.39, 0.29) is 0 Å². The first-order valence-electron chi connectivity index (χ1n) is 7.09. The number of nitrogens with one attached hydrogen (secondary N) is 1. The Labute approximate surface area is 127 Å². The summed E-state index contributed by atoms with van der Waals surface area (Å²) in [5, 5.41) is 3.30. The zero-order chi connectivity index (χ0) is 15.3. The molecule has 1 N–H and O–H groups in total. The Morgan fingerprint density at radius 3 is 2.40 bits per heavy atom. The topological polar surface area (TPSA) is 49.4 Å². The van der Waals surface area contributed by atoms with Gasteiger partial charge in [0.05, 0.1) is 0 Å². The van der Waals surface area contributed by atoms with E-state index < -0.39 is 10.0 Å². The summed E-state index contributed by atoms with van der Waals surface area (Å²) < 4.78 is 27.1. The molecular weight excluding hydrogens is 292 g/mol. The molecule has 6 heteroatoms. The van der Waals surface area contributed by atoms with Crippen molar-refractivity contribution >= 4 is 21.4 Å². The summed E-state index contributed by atoms with van der Waals surface area (Å²) in [5.74, 6) is 0.326. The molecule has 0 saturated carbocycles. The molecule has 1 heterocycles. The molecule has 0 fully saturated rings. The molecule has 116 valence electrons. The van der Waals surface area contributed by atoms with E-state index in [2.05, 4.69) is 19.2 Å². The van der Waals surface area contributed by atoms with Crippen molar-refractivity contribution in [3.05, 3.63) is 17.0 Å². The van der Waals surface area contributed by atoms with Crippen LogP contribution in [0.3, 0.4) is 0 Å². The Morgan fingerprint density at radius 1 is 1.25 bits per heavy atom. The number of hydrogen-bond acceptors (Lipinski definition) is 4. The van der Waals surface area contributed by atoms with E-state index in [0.29, 0.717) is 35.8 Å². The largest absolute Gasteiger partial charge is 0.310 e. The Bertz CT molecular complexity index is 507. The van der Waals surface area contributed by atoms with Crippen LogP contribution in [0.5, 0.6) is 0 Å². The molecule has 0 unspecified atom stereocenters. The number of thiophene rings is 1. The fourth-order valence-electron chi connectivity index (χ4n) is 1.83. The second-order valence-electron chi connectivity index (χ2n) is 5.61. The summed E-state index contributed by atoms with van der Waals surface area (Å²) in [6.45, 7) is 11.9. The van der Waals surface area contributed by atoms with E-state index in [9.17, 15) is 8.42 Å². The van der Waals surface area contributed by atoms with Crippen LogP contribution in [0.2, 0.25) is 0 Å². The predicted molar refractivity (Wildman–Crippen MR) is 85.6 cm³/mol. The summed E-state index contributed by atoms with van der Waals surface area (Å²) in [5.41, 5.74) is 0. The lowest BCUT2D eigenvalue weighted by molar-refractivity contribution is 0.382. The summed E-state index contributed by atoms with van der Waals surface area (Å²) in [4.78, 5) is 1.05. The smallest absolute Gasteiger partial charge is 0.252 e. The molecule has 0 aliphatic carbocycles. The van der Waals surface area contributed by atoms with Gasteiger partial charge in [0.2, 0.25) is 0 Å². The third-order valence-electron chi connectivity index (χ3n) is 2.84. The maximum absolute atomic E-state index is 12.6. The van der Waals surface area contributed by atoms with Gasteiger partial charge in [-0.05, 0) is 18.1 Å². The molecule has 0 spiro atoms. The Morgan fingerprint density at radius 2 is 1.90 bits per heavy atom. The van der Waals surface area contributed by atoms with Crippen LogP contribution >= 0.6 is 11.3 Å². The summed E-state index contributed by atoms with van der Waals surface area (Å²) in [6.07, 6.45) is 0. The van der Waals surface area contributed by atoms with Gasteiger partial charge in [0.1, 0.15) is 4.21 Å². The predicted octanol–water partition coefficient (Wildman–Crippen LogP) is 2.91. The van der Waals surface area contributed by atoms with Gasteiger partial charge >= 0.3 is 0 Å². The third kappa shape index (κ3) is 4.84. The van der Waals surface area contributed by atoms with Gasteiger partial charge in [0, 0.05) is 30.6 Å². The van der Waals surface area contributed by atoms with Crippen LogP contribution in [-0.2, 0) is 16.6 Å². The molecule has 0 aromatic carbocycles. The average molecular weight is 319 g/mol. The lowest BCUT2D eigenvalue weighted by Gasteiger charge is -2.21. The van der Waals surface area contributed by atoms with Gasteiger partial charge in [-0.3, -0.25) is 0 Å². The van der Waals surface area contributed by atoms with Crippen molar-refractivity contribution in [3.8, 4) is 0 Å². The van der Waals surface area contributed by atoms with Gasteiger partial charge in [0.25, 0.3) is 10.0 Å². The molecule has 1 aromatic rings. The Hall–Kier alpha value is -0.430. The fourth-order valence-corrected chi connectivity index (χ4v) is 4.90. The average Bonchev–Trinajstić information content (AvgIpc) is 2.82. The van der Waals surface area contributed by atoms with Gasteiger partial charge in [-0.25, -0.2) is 8.42 Å². The van der Waals surface area contributed by atoms with Crippen LogP contribution in [0.4, 0.5) is 0 Å². The maximum atomic E-state index is 12.6. The second kappa shape index (κ2) is 7.54. The van der Waals surface area contributed by atoms with Crippen molar-refractivity contribution in [2.45, 2.75) is 51.4 Å². The number of nitrogens with zero attached hydrogens (tertiary/aromatic N) is 1. The lowest BCUT2D eigenvalue weighted by atomic mass is 10.2. The van der Waals surface area contributed by atoms with Crippen LogP contribution in [-0.4, -0.2) is 31.9 Å². The van der Waals surface area contributed by atoms with E-state index in [1.165, 1.54) is 11.3 Å². The molecule has 0 saturated heterocycles. The zero-order valence-corrected chi connectivity index (χ0v) is 14.6. The highest BCUT2D eigenvalue weighted by Crippen LogP contribution is 2.25. The minimum absolute atomic E-state index is 0.326. The molecule has 0 aliphatic heterocycles. The maximum Gasteiger partial charge on any atom is 0.252 e. The van der Waals surface area contributed by atoms with Crippen molar-refractivity contribution in [1.29, 1.82) is 0 Å². The van der Waals surface area contributed by atoms with Crippen molar-refractivity contribution in [2.75, 3.05) is 13.1 Å². The van der Waals surface area contributed by atoms with Gasteiger partial charge in [-0.1, -0.05) is 34.6 Å². The minimum atomic E-state index is -3.34.